The van der Waals surface area contributed by atoms with Crippen LogP contribution in [0.5, 0.6) is 0 Å². The van der Waals surface area contributed by atoms with Crippen LogP contribution in [-0.2, 0) is 5.41 Å². The average Bonchev–Trinajstić information content (AvgIpc) is 3.07. The first-order chi connectivity index (χ1) is 12.9. The second kappa shape index (κ2) is 6.55. The Bertz CT molecular complexity index is 1090. The standard InChI is InChI=1S/C25H22O2/c1-25(2,3)19-15-13-17(14-16-19)22-20-11-7-8-12-21(20)27-24(22)23(26)18-9-5-4-6-10-18/h4-16H,1-3H3. The third-order valence-corrected chi connectivity index (χ3v) is 4.88. The Balaban J connectivity index is 1.90. The Morgan fingerprint density at radius 2 is 1.41 bits per heavy atom. The van der Waals surface area contributed by atoms with E-state index < -0.39 is 0 Å². The zero-order valence-electron chi connectivity index (χ0n) is 15.8. The average molecular weight is 354 g/mol. The van der Waals surface area contributed by atoms with Crippen molar-refractivity contribution in [3.8, 4) is 11.1 Å². The van der Waals surface area contributed by atoms with Crippen LogP contribution >= 0.6 is 0 Å². The van der Waals surface area contributed by atoms with E-state index in [2.05, 4.69) is 45.0 Å². The Kier molecular flexibility index (Phi) is 4.19. The molecule has 0 fully saturated rings. The lowest BCUT2D eigenvalue weighted by Gasteiger charge is -2.19. The molecule has 0 unspecified atom stereocenters. The monoisotopic (exact) mass is 354 g/mol. The van der Waals surface area contributed by atoms with E-state index in [0.29, 0.717) is 11.3 Å². The molecular weight excluding hydrogens is 332 g/mol. The maximum Gasteiger partial charge on any atom is 0.228 e. The number of para-hydroxylation sites is 1. The lowest BCUT2D eigenvalue weighted by Crippen LogP contribution is -2.10. The topological polar surface area (TPSA) is 30.2 Å². The third kappa shape index (κ3) is 3.19. The maximum atomic E-state index is 13.1. The summed E-state index contributed by atoms with van der Waals surface area (Å²) in [7, 11) is 0. The summed E-state index contributed by atoms with van der Waals surface area (Å²) in [6.45, 7) is 6.58. The Morgan fingerprint density at radius 3 is 2.07 bits per heavy atom. The minimum absolute atomic E-state index is 0.0830. The van der Waals surface area contributed by atoms with Crippen molar-refractivity contribution in [1.29, 1.82) is 0 Å². The van der Waals surface area contributed by atoms with E-state index in [0.717, 1.165) is 22.1 Å². The van der Waals surface area contributed by atoms with Crippen LogP contribution in [0.1, 0.15) is 42.5 Å². The van der Waals surface area contributed by atoms with Gasteiger partial charge in [-0.15, -0.1) is 0 Å². The smallest absolute Gasteiger partial charge is 0.228 e. The van der Waals surface area contributed by atoms with Crippen molar-refractivity contribution in [2.75, 3.05) is 0 Å². The number of ketones is 1. The molecule has 3 aromatic carbocycles. The highest BCUT2D eigenvalue weighted by atomic mass is 16.3. The lowest BCUT2D eigenvalue weighted by molar-refractivity contribution is 0.101. The van der Waals surface area contributed by atoms with Gasteiger partial charge in [-0.1, -0.05) is 93.6 Å². The van der Waals surface area contributed by atoms with E-state index in [1.54, 1.807) is 0 Å². The van der Waals surface area contributed by atoms with E-state index >= 15 is 0 Å². The zero-order chi connectivity index (χ0) is 19.0. The molecule has 0 saturated heterocycles. The molecule has 0 saturated carbocycles. The molecule has 1 heterocycles. The molecule has 0 atom stereocenters. The van der Waals surface area contributed by atoms with Crippen molar-refractivity contribution < 1.29 is 9.21 Å². The van der Waals surface area contributed by atoms with Crippen LogP contribution in [0.25, 0.3) is 22.1 Å². The SMILES string of the molecule is CC(C)(C)c1ccc(-c2c(C(=O)c3ccccc3)oc3ccccc23)cc1. The van der Waals surface area contributed by atoms with Gasteiger partial charge in [0, 0.05) is 16.5 Å². The van der Waals surface area contributed by atoms with Crippen molar-refractivity contribution in [3.63, 3.8) is 0 Å². The second-order valence-electron chi connectivity index (χ2n) is 7.82. The van der Waals surface area contributed by atoms with Gasteiger partial charge < -0.3 is 4.42 Å². The molecule has 0 amide bonds. The summed E-state index contributed by atoms with van der Waals surface area (Å²) in [5.74, 6) is 0.299. The molecular formula is C25H22O2. The minimum Gasteiger partial charge on any atom is -0.452 e. The van der Waals surface area contributed by atoms with Crippen LogP contribution in [0.2, 0.25) is 0 Å². The number of carbonyl (C=O) groups excluding carboxylic acids is 1. The van der Waals surface area contributed by atoms with Crippen LogP contribution in [0, 0.1) is 0 Å². The van der Waals surface area contributed by atoms with Gasteiger partial charge in [-0.2, -0.15) is 0 Å². The summed E-state index contributed by atoms with van der Waals surface area (Å²) in [6, 6.07) is 25.5. The summed E-state index contributed by atoms with van der Waals surface area (Å²) in [4.78, 5) is 13.1. The van der Waals surface area contributed by atoms with E-state index in [1.807, 2.05) is 54.6 Å². The van der Waals surface area contributed by atoms with Crippen molar-refractivity contribution in [2.45, 2.75) is 26.2 Å². The van der Waals surface area contributed by atoms with Crippen LogP contribution in [0.15, 0.2) is 83.3 Å². The first-order valence-electron chi connectivity index (χ1n) is 9.17. The fraction of sp³-hybridized carbons (Fsp3) is 0.160. The molecule has 0 radical (unpaired) electrons. The second-order valence-corrected chi connectivity index (χ2v) is 7.82. The van der Waals surface area contributed by atoms with Gasteiger partial charge in [-0.05, 0) is 22.6 Å². The summed E-state index contributed by atoms with van der Waals surface area (Å²) >= 11 is 0. The molecule has 0 bridgehead atoms. The van der Waals surface area contributed by atoms with Gasteiger partial charge in [0.05, 0.1) is 0 Å². The van der Waals surface area contributed by atoms with Gasteiger partial charge in [-0.25, -0.2) is 0 Å². The van der Waals surface area contributed by atoms with Crippen molar-refractivity contribution in [1.82, 2.24) is 0 Å². The Labute approximate surface area is 159 Å². The van der Waals surface area contributed by atoms with E-state index in [9.17, 15) is 4.79 Å². The predicted molar refractivity (Wildman–Crippen MR) is 110 cm³/mol. The first kappa shape index (κ1) is 17.3. The highest BCUT2D eigenvalue weighted by molar-refractivity contribution is 6.15. The molecule has 2 heteroatoms. The zero-order valence-corrected chi connectivity index (χ0v) is 15.8. The van der Waals surface area contributed by atoms with Gasteiger partial charge in [-0.3, -0.25) is 4.79 Å². The molecule has 27 heavy (non-hydrogen) atoms. The molecule has 0 aliphatic rings. The molecule has 0 N–H and O–H groups in total. The lowest BCUT2D eigenvalue weighted by atomic mass is 9.86. The summed E-state index contributed by atoms with van der Waals surface area (Å²) in [5, 5.41) is 0.959. The van der Waals surface area contributed by atoms with E-state index in [4.69, 9.17) is 4.42 Å². The van der Waals surface area contributed by atoms with Gasteiger partial charge in [0.25, 0.3) is 0 Å². The third-order valence-electron chi connectivity index (χ3n) is 4.88. The Hall–Kier alpha value is -3.13. The van der Waals surface area contributed by atoms with Gasteiger partial charge in [0.1, 0.15) is 5.58 Å². The molecule has 0 aliphatic carbocycles. The molecule has 2 nitrogen and oxygen atoms in total. The highest BCUT2D eigenvalue weighted by Crippen LogP contribution is 2.37. The maximum absolute atomic E-state index is 13.1. The highest BCUT2D eigenvalue weighted by Gasteiger charge is 2.23. The molecule has 4 aromatic rings. The molecule has 134 valence electrons. The number of hydrogen-bond acceptors (Lipinski definition) is 2. The quantitative estimate of drug-likeness (QED) is 0.387. The minimum atomic E-state index is -0.0957. The fourth-order valence-corrected chi connectivity index (χ4v) is 3.35. The van der Waals surface area contributed by atoms with Gasteiger partial charge >= 0.3 is 0 Å². The number of hydrogen-bond donors (Lipinski definition) is 0. The largest absolute Gasteiger partial charge is 0.452 e. The normalized spacial score (nSPS) is 11.7. The fourth-order valence-electron chi connectivity index (χ4n) is 3.35. The van der Waals surface area contributed by atoms with Crippen LogP contribution in [-0.4, -0.2) is 5.78 Å². The summed E-state index contributed by atoms with van der Waals surface area (Å²) < 4.78 is 6.02. The Morgan fingerprint density at radius 1 is 0.778 bits per heavy atom. The number of furan rings is 1. The van der Waals surface area contributed by atoms with Gasteiger partial charge in [0.2, 0.25) is 5.78 Å². The van der Waals surface area contributed by atoms with Crippen LogP contribution in [0.4, 0.5) is 0 Å². The molecule has 1 aromatic heterocycles. The number of carbonyl (C=O) groups is 1. The molecule has 4 rings (SSSR count). The van der Waals surface area contributed by atoms with Gasteiger partial charge in [0.15, 0.2) is 5.76 Å². The predicted octanol–water partition coefficient (Wildman–Crippen LogP) is 6.63. The summed E-state index contributed by atoms with van der Waals surface area (Å²) in [5.41, 5.74) is 4.55. The molecule has 0 aliphatic heterocycles. The molecule has 0 spiro atoms. The number of benzene rings is 3. The van der Waals surface area contributed by atoms with Crippen molar-refractivity contribution >= 4 is 16.8 Å². The van der Waals surface area contributed by atoms with Crippen LogP contribution in [0.3, 0.4) is 0 Å². The summed E-state index contributed by atoms with van der Waals surface area (Å²) in [6.07, 6.45) is 0. The first-order valence-corrected chi connectivity index (χ1v) is 9.17. The number of rotatable bonds is 3. The van der Waals surface area contributed by atoms with Crippen molar-refractivity contribution in [3.05, 3.63) is 95.7 Å². The number of fused-ring (bicyclic) bond motifs is 1. The van der Waals surface area contributed by atoms with E-state index in [1.165, 1.54) is 5.56 Å². The van der Waals surface area contributed by atoms with Crippen LogP contribution < -0.4 is 0 Å². The van der Waals surface area contributed by atoms with E-state index in [-0.39, 0.29) is 11.2 Å². The van der Waals surface area contributed by atoms with Crippen molar-refractivity contribution in [2.24, 2.45) is 0 Å².